The molecule has 0 radical (unpaired) electrons. The van der Waals surface area contributed by atoms with Crippen molar-refractivity contribution in [3.05, 3.63) is 47.8 Å². The topological polar surface area (TPSA) is 21.6 Å². The van der Waals surface area contributed by atoms with Gasteiger partial charge in [-0.05, 0) is 45.6 Å². The summed E-state index contributed by atoms with van der Waals surface area (Å²) in [4.78, 5) is 4.42. The van der Waals surface area contributed by atoms with Gasteiger partial charge in [0.2, 0.25) is 0 Å². The van der Waals surface area contributed by atoms with Gasteiger partial charge in [0.1, 0.15) is 0 Å². The number of allylic oxidation sites excluding steroid dienone is 6. The number of unbranched alkanes of at least 4 members (excludes halogenated alkanes) is 1. The van der Waals surface area contributed by atoms with Gasteiger partial charge in [0, 0.05) is 18.2 Å². The number of aliphatic imine (C=N–C) groups is 1. The highest BCUT2D eigenvalue weighted by Crippen LogP contribution is 2.35. The molecule has 2 heteroatoms. The smallest absolute Gasteiger partial charge is 0.0943 e. The van der Waals surface area contributed by atoms with Crippen LogP contribution in [0.25, 0.3) is 0 Å². The molecule has 0 saturated heterocycles. The van der Waals surface area contributed by atoms with Gasteiger partial charge in [-0.3, -0.25) is 4.99 Å². The minimum Gasteiger partial charge on any atom is -0.501 e. The highest BCUT2D eigenvalue weighted by atomic mass is 16.5. The average Bonchev–Trinajstić information content (AvgIpc) is 2.49. The Hall–Kier alpha value is -1.57. The van der Waals surface area contributed by atoms with Gasteiger partial charge in [-0.25, -0.2) is 0 Å². The lowest BCUT2D eigenvalue weighted by Gasteiger charge is -2.27. The van der Waals surface area contributed by atoms with E-state index in [0.717, 1.165) is 30.6 Å². The Kier molecular flexibility index (Phi) is 10.3. The van der Waals surface area contributed by atoms with Crippen LogP contribution in [0.15, 0.2) is 52.8 Å². The summed E-state index contributed by atoms with van der Waals surface area (Å²) in [7, 11) is 3.57. The molecule has 0 aromatic carbocycles. The molecule has 0 N–H and O–H groups in total. The predicted octanol–water partition coefficient (Wildman–Crippen LogP) is 6.66. The molecule has 0 aliphatic carbocycles. The third-order valence-corrected chi connectivity index (χ3v) is 4.11. The molecule has 0 amide bonds. The van der Waals surface area contributed by atoms with Crippen LogP contribution in [-0.4, -0.2) is 19.9 Å². The van der Waals surface area contributed by atoms with Crippen LogP contribution in [0.2, 0.25) is 0 Å². The second kappa shape index (κ2) is 11.1. The Morgan fingerprint density at radius 1 is 1.17 bits per heavy atom. The van der Waals surface area contributed by atoms with Crippen molar-refractivity contribution >= 4 is 5.71 Å². The van der Waals surface area contributed by atoms with E-state index in [1.807, 2.05) is 14.0 Å². The fourth-order valence-electron chi connectivity index (χ4n) is 2.76. The summed E-state index contributed by atoms with van der Waals surface area (Å²) >= 11 is 0. The minimum atomic E-state index is -0.0970. The van der Waals surface area contributed by atoms with E-state index < -0.39 is 0 Å². The number of hydrogen-bond acceptors (Lipinski definition) is 2. The Labute approximate surface area is 150 Å². The third-order valence-electron chi connectivity index (χ3n) is 4.11. The summed E-state index contributed by atoms with van der Waals surface area (Å²) in [6, 6.07) is 0. The highest BCUT2D eigenvalue weighted by Gasteiger charge is 2.24. The van der Waals surface area contributed by atoms with E-state index in [1.165, 1.54) is 29.7 Å². The van der Waals surface area contributed by atoms with Crippen LogP contribution in [0.5, 0.6) is 0 Å². The van der Waals surface area contributed by atoms with Crippen LogP contribution in [-0.2, 0) is 4.74 Å². The first-order chi connectivity index (χ1) is 11.2. The average molecular weight is 332 g/mol. The minimum absolute atomic E-state index is 0.0970. The van der Waals surface area contributed by atoms with Gasteiger partial charge >= 0.3 is 0 Å². The second-order valence-electron chi connectivity index (χ2n) is 7.32. The van der Waals surface area contributed by atoms with Gasteiger partial charge in [-0.1, -0.05) is 63.1 Å². The first kappa shape index (κ1) is 22.4. The lowest BCUT2D eigenvalue weighted by atomic mass is 9.81. The van der Waals surface area contributed by atoms with Gasteiger partial charge in [-0.2, -0.15) is 0 Å². The van der Waals surface area contributed by atoms with E-state index in [-0.39, 0.29) is 5.41 Å². The predicted molar refractivity (Wildman–Crippen MR) is 109 cm³/mol. The molecule has 0 fully saturated rings. The zero-order chi connectivity index (χ0) is 18.8. The van der Waals surface area contributed by atoms with Crippen molar-refractivity contribution < 1.29 is 4.74 Å². The van der Waals surface area contributed by atoms with Crippen LogP contribution in [0.3, 0.4) is 0 Å². The molecule has 0 unspecified atom stereocenters. The van der Waals surface area contributed by atoms with Crippen molar-refractivity contribution in [1.29, 1.82) is 0 Å². The molecule has 0 aliphatic heterocycles. The second-order valence-corrected chi connectivity index (χ2v) is 7.32. The van der Waals surface area contributed by atoms with Crippen molar-refractivity contribution in [2.45, 2.75) is 66.7 Å². The fourth-order valence-corrected chi connectivity index (χ4v) is 2.76. The molecule has 0 atom stereocenters. The van der Waals surface area contributed by atoms with E-state index >= 15 is 0 Å². The van der Waals surface area contributed by atoms with Crippen LogP contribution >= 0.6 is 0 Å². The molecule has 0 aliphatic rings. The first-order valence-corrected chi connectivity index (χ1v) is 8.87. The number of nitrogens with zero attached hydrogens (tertiary/aromatic N) is 1. The number of methoxy groups -OCH3 is 1. The summed E-state index contributed by atoms with van der Waals surface area (Å²) in [6.45, 7) is 18.9. The molecule has 0 rings (SSSR count). The van der Waals surface area contributed by atoms with Gasteiger partial charge < -0.3 is 4.74 Å². The quantitative estimate of drug-likeness (QED) is 0.235. The molecule has 0 spiro atoms. The normalized spacial score (nSPS) is 13.9. The number of ether oxygens (including phenoxy) is 1. The van der Waals surface area contributed by atoms with Gasteiger partial charge in [0.05, 0.1) is 12.9 Å². The van der Waals surface area contributed by atoms with Gasteiger partial charge in [0.15, 0.2) is 0 Å². The summed E-state index contributed by atoms with van der Waals surface area (Å²) in [5.74, 6) is 0.815. The van der Waals surface area contributed by atoms with Crippen molar-refractivity contribution in [3.8, 4) is 0 Å². The zero-order valence-electron chi connectivity index (χ0n) is 17.0. The van der Waals surface area contributed by atoms with Crippen molar-refractivity contribution in [2.24, 2.45) is 10.4 Å². The molecule has 0 aromatic heterocycles. The summed E-state index contributed by atoms with van der Waals surface area (Å²) < 4.78 is 5.37. The Morgan fingerprint density at radius 2 is 1.79 bits per heavy atom. The maximum Gasteiger partial charge on any atom is 0.0943 e. The maximum absolute atomic E-state index is 5.37. The Bertz CT molecular complexity index is 518. The molecule has 0 bridgehead atoms. The van der Waals surface area contributed by atoms with Crippen molar-refractivity contribution in [3.63, 3.8) is 0 Å². The van der Waals surface area contributed by atoms with E-state index in [2.05, 4.69) is 58.0 Å². The van der Waals surface area contributed by atoms with Gasteiger partial charge in [-0.15, -0.1) is 0 Å². The monoisotopic (exact) mass is 331 g/mol. The first-order valence-electron chi connectivity index (χ1n) is 8.87. The van der Waals surface area contributed by atoms with E-state index in [4.69, 9.17) is 4.74 Å². The highest BCUT2D eigenvalue weighted by molar-refractivity contribution is 5.95. The van der Waals surface area contributed by atoms with Crippen LogP contribution in [0, 0.1) is 5.41 Å². The third kappa shape index (κ3) is 8.90. The van der Waals surface area contributed by atoms with Crippen LogP contribution < -0.4 is 0 Å². The fraction of sp³-hybridized carbons (Fsp3) is 0.591. The molecule has 0 saturated carbocycles. The lowest BCUT2D eigenvalue weighted by molar-refractivity contribution is 0.195. The molecule has 0 aromatic rings. The lowest BCUT2D eigenvalue weighted by Crippen LogP contribution is -2.16. The Morgan fingerprint density at radius 3 is 2.25 bits per heavy atom. The summed E-state index contributed by atoms with van der Waals surface area (Å²) in [6.07, 6.45) is 9.70. The van der Waals surface area contributed by atoms with Crippen molar-refractivity contribution in [1.82, 2.24) is 0 Å². The van der Waals surface area contributed by atoms with E-state index in [1.54, 1.807) is 7.11 Å². The molecular formula is C22H37NO. The van der Waals surface area contributed by atoms with Crippen molar-refractivity contribution in [2.75, 3.05) is 14.2 Å². The maximum atomic E-state index is 5.37. The molecule has 136 valence electrons. The molecule has 0 heterocycles. The molecular weight excluding hydrogens is 294 g/mol. The SMILES string of the molecule is C=C(C)/C=C(\C/C(C)=C\C(CCCC)=NC)CC(C)(C)C(=C)OC. The summed E-state index contributed by atoms with van der Waals surface area (Å²) in [5.41, 5.74) is 4.85. The molecule has 24 heavy (non-hydrogen) atoms. The zero-order valence-corrected chi connectivity index (χ0v) is 17.0. The number of rotatable bonds is 11. The largest absolute Gasteiger partial charge is 0.501 e. The molecule has 2 nitrogen and oxygen atoms in total. The van der Waals surface area contributed by atoms with E-state index in [9.17, 15) is 0 Å². The number of hydrogen-bond donors (Lipinski definition) is 0. The summed E-state index contributed by atoms with van der Waals surface area (Å²) in [5, 5.41) is 0. The van der Waals surface area contributed by atoms with E-state index in [0.29, 0.717) is 0 Å². The van der Waals surface area contributed by atoms with Crippen LogP contribution in [0.1, 0.15) is 66.7 Å². The standard InChI is InChI=1S/C22H37NO/c1-10-11-12-21(23-8)15-18(4)14-20(13-17(2)3)16-22(6,7)19(5)24-9/h13,15H,2,5,10-12,14,16H2,1,3-4,6-9H3/b18-15-,20-13+,23-21?. The Balaban J connectivity index is 5.23. The van der Waals surface area contributed by atoms with Crippen LogP contribution in [0.4, 0.5) is 0 Å². The van der Waals surface area contributed by atoms with Gasteiger partial charge in [0.25, 0.3) is 0 Å².